The standard InChI is InChI=1S/C13H24N2O.ClH/c1-3-12(4-2)8-9-15(10-12)11(16)13(14)6-5-7-13;/h3-10,14H2,1-2H3;1H. The van der Waals surface area contributed by atoms with E-state index in [2.05, 4.69) is 13.8 Å². The van der Waals surface area contributed by atoms with Crippen LogP contribution in [0.5, 0.6) is 0 Å². The average molecular weight is 261 g/mol. The maximum absolute atomic E-state index is 12.3. The summed E-state index contributed by atoms with van der Waals surface area (Å²) in [7, 11) is 0. The maximum atomic E-state index is 12.3. The summed E-state index contributed by atoms with van der Waals surface area (Å²) < 4.78 is 0. The topological polar surface area (TPSA) is 46.3 Å². The van der Waals surface area contributed by atoms with Crippen molar-refractivity contribution in [1.29, 1.82) is 0 Å². The molecule has 0 atom stereocenters. The number of carbonyl (C=O) groups is 1. The van der Waals surface area contributed by atoms with Crippen LogP contribution < -0.4 is 5.73 Å². The van der Waals surface area contributed by atoms with Crippen molar-refractivity contribution in [2.24, 2.45) is 11.1 Å². The Balaban J connectivity index is 0.00000144. The zero-order chi connectivity index (χ0) is 11.8. The van der Waals surface area contributed by atoms with Gasteiger partial charge in [-0.1, -0.05) is 13.8 Å². The maximum Gasteiger partial charge on any atom is 0.242 e. The van der Waals surface area contributed by atoms with Crippen molar-refractivity contribution >= 4 is 18.3 Å². The highest BCUT2D eigenvalue weighted by molar-refractivity contribution is 5.87. The monoisotopic (exact) mass is 260 g/mol. The molecule has 4 heteroatoms. The molecule has 1 amide bonds. The Bertz CT molecular complexity index is 285. The molecule has 2 aliphatic rings. The van der Waals surface area contributed by atoms with Crippen LogP contribution in [-0.2, 0) is 4.79 Å². The average Bonchev–Trinajstić information content (AvgIpc) is 2.70. The third kappa shape index (κ3) is 2.45. The number of likely N-dealkylation sites (tertiary alicyclic amines) is 1. The highest BCUT2D eigenvalue weighted by Crippen LogP contribution is 2.39. The molecule has 2 fully saturated rings. The molecule has 0 aromatic rings. The molecule has 1 aliphatic heterocycles. The van der Waals surface area contributed by atoms with Gasteiger partial charge in [0.05, 0.1) is 5.54 Å². The van der Waals surface area contributed by atoms with Gasteiger partial charge in [-0.2, -0.15) is 0 Å². The predicted octanol–water partition coefficient (Wildman–Crippen LogP) is 2.33. The first-order valence-electron chi connectivity index (χ1n) is 6.63. The van der Waals surface area contributed by atoms with Gasteiger partial charge in [-0.3, -0.25) is 4.79 Å². The van der Waals surface area contributed by atoms with E-state index in [1.165, 1.54) is 12.8 Å². The summed E-state index contributed by atoms with van der Waals surface area (Å²) >= 11 is 0. The first kappa shape index (κ1) is 14.8. The SMILES string of the molecule is CCC1(CC)CCN(C(=O)C2(N)CCC2)C1.Cl. The zero-order valence-electron chi connectivity index (χ0n) is 11.0. The second-order valence-corrected chi connectivity index (χ2v) is 5.69. The highest BCUT2D eigenvalue weighted by atomic mass is 35.5. The van der Waals surface area contributed by atoms with E-state index in [-0.39, 0.29) is 18.3 Å². The normalized spacial score (nSPS) is 25.0. The molecule has 0 unspecified atom stereocenters. The molecule has 0 spiro atoms. The number of hydrogen-bond donors (Lipinski definition) is 1. The van der Waals surface area contributed by atoms with Crippen LogP contribution in [-0.4, -0.2) is 29.4 Å². The lowest BCUT2D eigenvalue weighted by molar-refractivity contribution is -0.139. The number of hydrogen-bond acceptors (Lipinski definition) is 2. The molecule has 1 saturated carbocycles. The van der Waals surface area contributed by atoms with E-state index in [0.29, 0.717) is 5.41 Å². The lowest BCUT2D eigenvalue weighted by Crippen LogP contribution is -2.59. The molecular weight excluding hydrogens is 236 g/mol. The minimum atomic E-state index is -0.502. The van der Waals surface area contributed by atoms with Gasteiger partial charge in [-0.25, -0.2) is 0 Å². The van der Waals surface area contributed by atoms with Gasteiger partial charge in [0.1, 0.15) is 0 Å². The van der Waals surface area contributed by atoms with E-state index < -0.39 is 5.54 Å². The Morgan fingerprint density at radius 2 is 1.82 bits per heavy atom. The Kier molecular flexibility index (Phi) is 4.48. The largest absolute Gasteiger partial charge is 0.341 e. The molecule has 0 aromatic heterocycles. The van der Waals surface area contributed by atoms with Crippen LogP contribution in [0.25, 0.3) is 0 Å². The molecule has 100 valence electrons. The fourth-order valence-electron chi connectivity index (χ4n) is 3.02. The van der Waals surface area contributed by atoms with E-state index in [1.54, 1.807) is 0 Å². The molecule has 17 heavy (non-hydrogen) atoms. The van der Waals surface area contributed by atoms with Crippen molar-refractivity contribution in [3.63, 3.8) is 0 Å². The Hall–Kier alpha value is -0.280. The molecule has 2 rings (SSSR count). The van der Waals surface area contributed by atoms with Crippen molar-refractivity contribution < 1.29 is 4.79 Å². The number of amides is 1. The van der Waals surface area contributed by atoms with Crippen LogP contribution in [0.15, 0.2) is 0 Å². The van der Waals surface area contributed by atoms with Crippen LogP contribution in [0.1, 0.15) is 52.4 Å². The second kappa shape index (κ2) is 5.15. The first-order chi connectivity index (χ1) is 7.55. The summed E-state index contributed by atoms with van der Waals surface area (Å²) in [5.74, 6) is 0.211. The number of rotatable bonds is 3. The van der Waals surface area contributed by atoms with Gasteiger partial charge in [0.25, 0.3) is 0 Å². The Labute approximate surface area is 111 Å². The van der Waals surface area contributed by atoms with Crippen molar-refractivity contribution in [2.75, 3.05) is 13.1 Å². The highest BCUT2D eigenvalue weighted by Gasteiger charge is 2.46. The summed E-state index contributed by atoms with van der Waals surface area (Å²) in [5, 5.41) is 0. The quantitative estimate of drug-likeness (QED) is 0.847. The van der Waals surface area contributed by atoms with Crippen molar-refractivity contribution in [2.45, 2.75) is 57.9 Å². The minimum Gasteiger partial charge on any atom is -0.341 e. The molecule has 2 N–H and O–H groups in total. The second-order valence-electron chi connectivity index (χ2n) is 5.69. The number of halogens is 1. The van der Waals surface area contributed by atoms with Gasteiger partial charge < -0.3 is 10.6 Å². The smallest absolute Gasteiger partial charge is 0.242 e. The molecule has 0 aromatic carbocycles. The first-order valence-corrected chi connectivity index (χ1v) is 6.63. The van der Waals surface area contributed by atoms with Crippen LogP contribution in [0, 0.1) is 5.41 Å². The van der Waals surface area contributed by atoms with Crippen LogP contribution in [0.2, 0.25) is 0 Å². The van der Waals surface area contributed by atoms with Gasteiger partial charge in [0.2, 0.25) is 5.91 Å². The van der Waals surface area contributed by atoms with E-state index >= 15 is 0 Å². The molecule has 1 saturated heterocycles. The molecule has 0 bridgehead atoms. The van der Waals surface area contributed by atoms with Gasteiger partial charge in [-0.05, 0) is 43.9 Å². The number of nitrogens with two attached hydrogens (primary N) is 1. The van der Waals surface area contributed by atoms with Gasteiger partial charge in [0.15, 0.2) is 0 Å². The molecular formula is C13H25ClN2O. The van der Waals surface area contributed by atoms with Gasteiger partial charge in [-0.15, -0.1) is 12.4 Å². The van der Waals surface area contributed by atoms with Crippen LogP contribution in [0.4, 0.5) is 0 Å². The van der Waals surface area contributed by atoms with E-state index in [1.807, 2.05) is 4.90 Å². The summed E-state index contributed by atoms with van der Waals surface area (Å²) in [6, 6.07) is 0. The Morgan fingerprint density at radius 3 is 2.18 bits per heavy atom. The fraction of sp³-hybridized carbons (Fsp3) is 0.923. The van der Waals surface area contributed by atoms with Crippen LogP contribution in [0.3, 0.4) is 0 Å². The Morgan fingerprint density at radius 1 is 1.24 bits per heavy atom. The summed E-state index contributed by atoms with van der Waals surface area (Å²) in [4.78, 5) is 14.3. The lowest BCUT2D eigenvalue weighted by atomic mass is 9.76. The van der Waals surface area contributed by atoms with E-state index in [0.717, 1.165) is 38.8 Å². The van der Waals surface area contributed by atoms with Crippen molar-refractivity contribution in [3.8, 4) is 0 Å². The predicted molar refractivity (Wildman–Crippen MR) is 72.2 cm³/mol. The number of nitrogens with zero attached hydrogens (tertiary/aromatic N) is 1. The third-order valence-corrected chi connectivity index (χ3v) is 4.90. The van der Waals surface area contributed by atoms with Gasteiger partial charge >= 0.3 is 0 Å². The fourth-order valence-corrected chi connectivity index (χ4v) is 3.02. The molecule has 1 heterocycles. The minimum absolute atomic E-state index is 0. The summed E-state index contributed by atoms with van der Waals surface area (Å²) in [6.07, 6.45) is 6.38. The number of carbonyl (C=O) groups excluding carboxylic acids is 1. The van der Waals surface area contributed by atoms with E-state index in [9.17, 15) is 4.79 Å². The zero-order valence-corrected chi connectivity index (χ0v) is 11.8. The van der Waals surface area contributed by atoms with Crippen molar-refractivity contribution in [3.05, 3.63) is 0 Å². The lowest BCUT2D eigenvalue weighted by Gasteiger charge is -2.39. The van der Waals surface area contributed by atoms with E-state index in [4.69, 9.17) is 5.73 Å². The summed E-state index contributed by atoms with van der Waals surface area (Å²) in [6.45, 7) is 6.31. The van der Waals surface area contributed by atoms with Gasteiger partial charge in [0, 0.05) is 13.1 Å². The summed E-state index contributed by atoms with van der Waals surface area (Å²) in [5.41, 5.74) is 5.97. The molecule has 0 radical (unpaired) electrons. The van der Waals surface area contributed by atoms with Crippen molar-refractivity contribution in [1.82, 2.24) is 4.90 Å². The third-order valence-electron chi connectivity index (χ3n) is 4.90. The molecule has 3 nitrogen and oxygen atoms in total. The molecule has 1 aliphatic carbocycles. The van der Waals surface area contributed by atoms with Crippen LogP contribution >= 0.6 is 12.4 Å².